The summed E-state index contributed by atoms with van der Waals surface area (Å²) in [4.78, 5) is 16.5. The largest absolute Gasteiger partial charge is 0.382 e. The summed E-state index contributed by atoms with van der Waals surface area (Å²) < 4.78 is 5.28. The van der Waals surface area contributed by atoms with E-state index in [1.807, 2.05) is 30.0 Å². The molecule has 21 heavy (non-hydrogen) atoms. The molecule has 5 nitrogen and oxygen atoms in total. The molecule has 5 heteroatoms. The van der Waals surface area contributed by atoms with Crippen molar-refractivity contribution < 1.29 is 9.53 Å². The SMILES string of the molecule is CCOCCCNC(=O)N1CCCN(C)c2ccccc21. The van der Waals surface area contributed by atoms with Gasteiger partial charge in [-0.1, -0.05) is 12.1 Å². The zero-order chi connectivity index (χ0) is 15.1. The van der Waals surface area contributed by atoms with Gasteiger partial charge in [0.25, 0.3) is 0 Å². The normalized spacial score (nSPS) is 14.6. The van der Waals surface area contributed by atoms with Crippen LogP contribution in [0.5, 0.6) is 0 Å². The second-order valence-corrected chi connectivity index (χ2v) is 5.20. The molecule has 0 saturated carbocycles. The van der Waals surface area contributed by atoms with Crippen LogP contribution in [0.4, 0.5) is 16.2 Å². The Labute approximate surface area is 126 Å². The Morgan fingerprint density at radius 3 is 2.81 bits per heavy atom. The summed E-state index contributed by atoms with van der Waals surface area (Å²) in [6.07, 6.45) is 1.81. The predicted molar refractivity (Wildman–Crippen MR) is 86.2 cm³/mol. The van der Waals surface area contributed by atoms with Gasteiger partial charge >= 0.3 is 6.03 Å². The standard InChI is InChI=1S/C16H25N3O2/c1-3-21-13-6-10-17-16(20)19-12-7-11-18(2)14-8-4-5-9-15(14)19/h4-5,8-9H,3,6-7,10-13H2,1-2H3,(H,17,20). The van der Waals surface area contributed by atoms with E-state index >= 15 is 0 Å². The molecule has 1 aromatic carbocycles. The van der Waals surface area contributed by atoms with Crippen molar-refractivity contribution in [3.05, 3.63) is 24.3 Å². The first-order valence-electron chi connectivity index (χ1n) is 7.67. The molecule has 116 valence electrons. The third-order valence-corrected chi connectivity index (χ3v) is 3.65. The van der Waals surface area contributed by atoms with Crippen molar-refractivity contribution in [1.29, 1.82) is 0 Å². The smallest absolute Gasteiger partial charge is 0.321 e. The second-order valence-electron chi connectivity index (χ2n) is 5.20. The van der Waals surface area contributed by atoms with Gasteiger partial charge < -0.3 is 15.0 Å². The highest BCUT2D eigenvalue weighted by molar-refractivity contribution is 5.96. The third kappa shape index (κ3) is 4.11. The Hall–Kier alpha value is -1.75. The molecule has 0 atom stereocenters. The number of carbonyl (C=O) groups is 1. The molecule has 0 fully saturated rings. The number of ether oxygens (including phenoxy) is 1. The Balaban J connectivity index is 1.98. The van der Waals surface area contributed by atoms with Crippen LogP contribution in [0.2, 0.25) is 0 Å². The van der Waals surface area contributed by atoms with Crippen LogP contribution in [-0.2, 0) is 4.74 Å². The van der Waals surface area contributed by atoms with Crippen molar-refractivity contribution in [2.75, 3.05) is 49.7 Å². The van der Waals surface area contributed by atoms with Gasteiger partial charge in [0.15, 0.2) is 0 Å². The van der Waals surface area contributed by atoms with Crippen LogP contribution in [0, 0.1) is 0 Å². The number of fused-ring (bicyclic) bond motifs is 1. The van der Waals surface area contributed by atoms with Crippen molar-refractivity contribution >= 4 is 17.4 Å². The van der Waals surface area contributed by atoms with Crippen molar-refractivity contribution in [2.45, 2.75) is 19.8 Å². The van der Waals surface area contributed by atoms with Gasteiger partial charge in [-0.3, -0.25) is 4.90 Å². The summed E-state index contributed by atoms with van der Waals surface area (Å²) in [5, 5.41) is 2.98. The zero-order valence-corrected chi connectivity index (χ0v) is 13.0. The van der Waals surface area contributed by atoms with Crippen LogP contribution in [-0.4, -0.2) is 45.9 Å². The molecule has 1 aliphatic heterocycles. The number of carbonyl (C=O) groups excluding carboxylic acids is 1. The Kier molecular flexibility index (Phi) is 5.87. The summed E-state index contributed by atoms with van der Waals surface area (Å²) in [6.45, 7) is 5.75. The zero-order valence-electron chi connectivity index (χ0n) is 13.0. The van der Waals surface area contributed by atoms with Gasteiger partial charge in [0.05, 0.1) is 11.4 Å². The maximum Gasteiger partial charge on any atom is 0.321 e. The summed E-state index contributed by atoms with van der Waals surface area (Å²) in [5.74, 6) is 0. The van der Waals surface area contributed by atoms with E-state index in [4.69, 9.17) is 4.74 Å². The monoisotopic (exact) mass is 291 g/mol. The molecule has 0 aliphatic carbocycles. The molecule has 0 saturated heterocycles. The number of hydrogen-bond donors (Lipinski definition) is 1. The van der Waals surface area contributed by atoms with Crippen LogP contribution in [0.25, 0.3) is 0 Å². The van der Waals surface area contributed by atoms with Gasteiger partial charge in [-0.05, 0) is 31.9 Å². The summed E-state index contributed by atoms with van der Waals surface area (Å²) >= 11 is 0. The van der Waals surface area contributed by atoms with Crippen LogP contribution >= 0.6 is 0 Å². The fourth-order valence-electron chi connectivity index (χ4n) is 2.54. The highest BCUT2D eigenvalue weighted by Gasteiger charge is 2.22. The van der Waals surface area contributed by atoms with Crippen molar-refractivity contribution in [3.63, 3.8) is 0 Å². The minimum Gasteiger partial charge on any atom is -0.382 e. The first-order valence-corrected chi connectivity index (χ1v) is 7.67. The second kappa shape index (κ2) is 7.88. The third-order valence-electron chi connectivity index (χ3n) is 3.65. The molecule has 1 aliphatic rings. The van der Waals surface area contributed by atoms with Crippen molar-refractivity contribution in [1.82, 2.24) is 5.32 Å². The number of anilines is 2. The van der Waals surface area contributed by atoms with Crippen LogP contribution in [0.1, 0.15) is 19.8 Å². The van der Waals surface area contributed by atoms with E-state index in [0.717, 1.165) is 43.9 Å². The van der Waals surface area contributed by atoms with Crippen molar-refractivity contribution in [2.24, 2.45) is 0 Å². The van der Waals surface area contributed by atoms with Crippen molar-refractivity contribution in [3.8, 4) is 0 Å². The molecule has 0 spiro atoms. The highest BCUT2D eigenvalue weighted by Crippen LogP contribution is 2.31. The van der Waals surface area contributed by atoms with Crippen LogP contribution in [0.15, 0.2) is 24.3 Å². The molecule has 1 heterocycles. The van der Waals surface area contributed by atoms with Crippen LogP contribution < -0.4 is 15.1 Å². The van der Waals surface area contributed by atoms with E-state index in [-0.39, 0.29) is 6.03 Å². The minimum atomic E-state index is -0.0192. The van der Waals surface area contributed by atoms with E-state index in [2.05, 4.69) is 23.3 Å². The summed E-state index contributed by atoms with van der Waals surface area (Å²) in [6, 6.07) is 8.05. The topological polar surface area (TPSA) is 44.8 Å². The van der Waals surface area contributed by atoms with Crippen LogP contribution in [0.3, 0.4) is 0 Å². The maximum atomic E-state index is 12.4. The van der Waals surface area contributed by atoms with E-state index < -0.39 is 0 Å². The average molecular weight is 291 g/mol. The highest BCUT2D eigenvalue weighted by atomic mass is 16.5. The fraction of sp³-hybridized carbons (Fsp3) is 0.562. The Morgan fingerprint density at radius 1 is 1.29 bits per heavy atom. The number of para-hydroxylation sites is 2. The van der Waals surface area contributed by atoms with Gasteiger partial charge in [0, 0.05) is 39.9 Å². The molecule has 2 amide bonds. The average Bonchev–Trinajstić information content (AvgIpc) is 2.67. The number of benzene rings is 1. The van der Waals surface area contributed by atoms with E-state index in [1.54, 1.807) is 0 Å². The summed E-state index contributed by atoms with van der Waals surface area (Å²) in [5.41, 5.74) is 2.10. The number of hydrogen-bond acceptors (Lipinski definition) is 3. The molecule has 1 N–H and O–H groups in total. The minimum absolute atomic E-state index is 0.0192. The predicted octanol–water partition coefficient (Wildman–Crippen LogP) is 2.47. The van der Waals surface area contributed by atoms with Gasteiger partial charge in [-0.25, -0.2) is 4.79 Å². The van der Waals surface area contributed by atoms with E-state index in [0.29, 0.717) is 13.2 Å². The lowest BCUT2D eigenvalue weighted by molar-refractivity contribution is 0.145. The molecule has 0 bridgehead atoms. The number of urea groups is 1. The quantitative estimate of drug-likeness (QED) is 0.848. The number of nitrogens with zero attached hydrogens (tertiary/aromatic N) is 2. The molecule has 0 aromatic heterocycles. The Morgan fingerprint density at radius 2 is 2.05 bits per heavy atom. The lowest BCUT2D eigenvalue weighted by atomic mass is 10.2. The number of amides is 2. The first kappa shape index (κ1) is 15.6. The van der Waals surface area contributed by atoms with E-state index in [1.165, 1.54) is 0 Å². The van der Waals surface area contributed by atoms with Gasteiger partial charge in [-0.2, -0.15) is 0 Å². The molecular weight excluding hydrogens is 266 g/mol. The fourth-order valence-corrected chi connectivity index (χ4v) is 2.54. The lowest BCUT2D eigenvalue weighted by Gasteiger charge is -2.24. The maximum absolute atomic E-state index is 12.4. The molecule has 2 rings (SSSR count). The summed E-state index contributed by atoms with van der Waals surface area (Å²) in [7, 11) is 2.07. The van der Waals surface area contributed by atoms with Gasteiger partial charge in [0.2, 0.25) is 0 Å². The molecule has 0 radical (unpaired) electrons. The van der Waals surface area contributed by atoms with E-state index in [9.17, 15) is 4.79 Å². The Bertz CT molecular complexity index is 465. The number of rotatable bonds is 5. The lowest BCUT2D eigenvalue weighted by Crippen LogP contribution is -2.41. The first-order chi connectivity index (χ1) is 10.2. The van der Waals surface area contributed by atoms with Gasteiger partial charge in [-0.15, -0.1) is 0 Å². The van der Waals surface area contributed by atoms with Gasteiger partial charge in [0.1, 0.15) is 0 Å². The number of nitrogens with one attached hydrogen (secondary N) is 1. The molecule has 0 unspecified atom stereocenters. The molecular formula is C16H25N3O2. The molecule has 1 aromatic rings.